The largest absolute Gasteiger partial charge is 0.493 e. The van der Waals surface area contributed by atoms with Crippen LogP contribution in [0, 0.1) is 5.41 Å². The number of esters is 1. The SMILES string of the molecule is COc1ccc(C=CC(SC)C(C)(C)C)cc1OC(=O)CCCNC(=O)c1cccnc1. The Morgan fingerprint density at radius 1 is 1.22 bits per heavy atom. The van der Waals surface area contributed by atoms with Gasteiger partial charge in [-0.15, -0.1) is 0 Å². The number of nitrogens with zero attached hydrogens (tertiary/aromatic N) is 1. The maximum absolute atomic E-state index is 12.3. The Morgan fingerprint density at radius 2 is 2.00 bits per heavy atom. The van der Waals surface area contributed by atoms with Crippen LogP contribution in [0.1, 0.15) is 49.5 Å². The number of hydrogen-bond acceptors (Lipinski definition) is 6. The van der Waals surface area contributed by atoms with Gasteiger partial charge in [0.2, 0.25) is 0 Å². The zero-order chi connectivity index (χ0) is 23.6. The highest BCUT2D eigenvalue weighted by Gasteiger charge is 2.21. The Labute approximate surface area is 194 Å². The molecule has 1 aromatic carbocycles. The van der Waals surface area contributed by atoms with Crippen molar-refractivity contribution < 1.29 is 19.1 Å². The number of amides is 1. The highest BCUT2D eigenvalue weighted by molar-refractivity contribution is 7.99. The molecule has 172 valence electrons. The van der Waals surface area contributed by atoms with E-state index in [4.69, 9.17) is 9.47 Å². The molecule has 0 aliphatic carbocycles. The summed E-state index contributed by atoms with van der Waals surface area (Å²) in [4.78, 5) is 28.3. The van der Waals surface area contributed by atoms with Crippen molar-refractivity contribution >= 4 is 29.7 Å². The van der Waals surface area contributed by atoms with Crippen LogP contribution < -0.4 is 14.8 Å². The van der Waals surface area contributed by atoms with Gasteiger partial charge in [-0.1, -0.05) is 39.0 Å². The molecule has 1 unspecified atom stereocenters. The molecule has 1 atom stereocenters. The van der Waals surface area contributed by atoms with E-state index in [0.29, 0.717) is 35.3 Å². The van der Waals surface area contributed by atoms with Crippen LogP contribution in [0.15, 0.2) is 48.8 Å². The van der Waals surface area contributed by atoms with E-state index in [1.807, 2.05) is 12.1 Å². The van der Waals surface area contributed by atoms with Crippen molar-refractivity contribution in [3.8, 4) is 11.5 Å². The molecular weight excluding hydrogens is 424 g/mol. The maximum Gasteiger partial charge on any atom is 0.311 e. The number of rotatable bonds is 10. The minimum atomic E-state index is -0.378. The Bertz CT molecular complexity index is 923. The topological polar surface area (TPSA) is 77.5 Å². The molecule has 1 N–H and O–H groups in total. The first-order valence-corrected chi connectivity index (χ1v) is 11.8. The molecule has 1 amide bonds. The lowest BCUT2D eigenvalue weighted by Gasteiger charge is -2.26. The first-order chi connectivity index (χ1) is 15.2. The second kappa shape index (κ2) is 12.3. The third kappa shape index (κ3) is 8.04. The maximum atomic E-state index is 12.3. The minimum absolute atomic E-state index is 0.143. The van der Waals surface area contributed by atoms with E-state index >= 15 is 0 Å². The van der Waals surface area contributed by atoms with E-state index in [0.717, 1.165) is 5.56 Å². The van der Waals surface area contributed by atoms with Gasteiger partial charge in [0.1, 0.15) is 0 Å². The quantitative estimate of drug-likeness (QED) is 0.308. The van der Waals surface area contributed by atoms with Gasteiger partial charge < -0.3 is 14.8 Å². The van der Waals surface area contributed by atoms with Crippen molar-refractivity contribution in [2.45, 2.75) is 38.9 Å². The minimum Gasteiger partial charge on any atom is -0.493 e. The highest BCUT2D eigenvalue weighted by Crippen LogP contribution is 2.32. The monoisotopic (exact) mass is 456 g/mol. The number of methoxy groups -OCH3 is 1. The predicted octanol–water partition coefficient (Wildman–Crippen LogP) is 5.00. The van der Waals surface area contributed by atoms with Crippen LogP contribution >= 0.6 is 11.8 Å². The lowest BCUT2D eigenvalue weighted by atomic mass is 9.91. The van der Waals surface area contributed by atoms with Crippen LogP contribution in [-0.2, 0) is 4.79 Å². The van der Waals surface area contributed by atoms with Gasteiger partial charge in [-0.05, 0) is 47.9 Å². The lowest BCUT2D eigenvalue weighted by Crippen LogP contribution is -2.25. The summed E-state index contributed by atoms with van der Waals surface area (Å²) in [6, 6.07) is 8.92. The fourth-order valence-corrected chi connectivity index (χ4v) is 3.95. The average Bonchev–Trinajstić information content (AvgIpc) is 2.77. The van der Waals surface area contributed by atoms with Crippen molar-refractivity contribution in [2.75, 3.05) is 19.9 Å². The zero-order valence-electron chi connectivity index (χ0n) is 19.4. The number of nitrogens with one attached hydrogen (secondary N) is 1. The summed E-state index contributed by atoms with van der Waals surface area (Å²) in [5.74, 6) is 0.288. The Kier molecular flexibility index (Phi) is 9.78. The van der Waals surface area contributed by atoms with Crippen LogP contribution in [-0.4, -0.2) is 42.0 Å². The summed E-state index contributed by atoms with van der Waals surface area (Å²) in [6.45, 7) is 6.99. The van der Waals surface area contributed by atoms with Crippen LogP contribution in [0.25, 0.3) is 6.08 Å². The first-order valence-electron chi connectivity index (χ1n) is 10.5. The number of benzene rings is 1. The second-order valence-electron chi connectivity index (χ2n) is 8.37. The summed E-state index contributed by atoms with van der Waals surface area (Å²) < 4.78 is 10.9. The van der Waals surface area contributed by atoms with Gasteiger partial charge in [-0.25, -0.2) is 0 Å². The summed E-state index contributed by atoms with van der Waals surface area (Å²) in [6.07, 6.45) is 10.1. The number of pyridine rings is 1. The summed E-state index contributed by atoms with van der Waals surface area (Å²) in [5, 5.41) is 3.13. The van der Waals surface area contributed by atoms with Gasteiger partial charge in [0.15, 0.2) is 11.5 Å². The van der Waals surface area contributed by atoms with Gasteiger partial charge in [0, 0.05) is 30.6 Å². The van der Waals surface area contributed by atoms with Crippen LogP contribution in [0.4, 0.5) is 0 Å². The van der Waals surface area contributed by atoms with Crippen LogP contribution in [0.3, 0.4) is 0 Å². The van der Waals surface area contributed by atoms with E-state index in [1.165, 1.54) is 6.20 Å². The molecule has 1 heterocycles. The van der Waals surface area contributed by atoms with Gasteiger partial charge in [0.05, 0.1) is 12.7 Å². The zero-order valence-corrected chi connectivity index (χ0v) is 20.2. The lowest BCUT2D eigenvalue weighted by molar-refractivity contribution is -0.134. The number of aromatic nitrogens is 1. The van der Waals surface area contributed by atoms with Gasteiger partial charge in [-0.2, -0.15) is 11.8 Å². The number of hydrogen-bond donors (Lipinski definition) is 1. The van der Waals surface area contributed by atoms with Gasteiger partial charge in [0.25, 0.3) is 5.91 Å². The Morgan fingerprint density at radius 3 is 2.62 bits per heavy atom. The standard InChI is InChI=1S/C25H32N2O4S/c1-25(2,3)22(32-5)13-11-18-10-12-20(30-4)21(16-18)31-23(28)9-7-15-27-24(29)19-8-6-14-26-17-19/h6,8,10-14,16-17,22H,7,9,15H2,1-5H3,(H,27,29). The molecule has 2 aromatic rings. The van der Waals surface area contributed by atoms with E-state index in [-0.39, 0.29) is 23.7 Å². The fraction of sp³-hybridized carbons (Fsp3) is 0.400. The molecule has 0 saturated carbocycles. The third-order valence-corrected chi connectivity index (χ3v) is 6.12. The molecule has 32 heavy (non-hydrogen) atoms. The summed E-state index contributed by atoms with van der Waals surface area (Å²) in [7, 11) is 1.54. The molecule has 7 heteroatoms. The molecule has 0 fully saturated rings. The van der Waals surface area contributed by atoms with Crippen molar-refractivity contribution in [2.24, 2.45) is 5.41 Å². The molecule has 0 bridgehead atoms. The molecule has 1 aromatic heterocycles. The van der Waals surface area contributed by atoms with Crippen molar-refractivity contribution in [3.63, 3.8) is 0 Å². The molecule has 0 radical (unpaired) electrons. The Balaban J connectivity index is 1.92. The molecular formula is C25H32N2O4S. The molecule has 0 saturated heterocycles. The molecule has 0 aliphatic rings. The summed E-state index contributed by atoms with van der Waals surface area (Å²) >= 11 is 1.80. The average molecular weight is 457 g/mol. The normalized spacial score (nSPS) is 12.4. The van der Waals surface area contributed by atoms with Gasteiger partial charge >= 0.3 is 5.97 Å². The number of carbonyl (C=O) groups excluding carboxylic acids is 2. The van der Waals surface area contributed by atoms with E-state index < -0.39 is 0 Å². The number of thioether (sulfide) groups is 1. The van der Waals surface area contributed by atoms with E-state index in [9.17, 15) is 9.59 Å². The van der Waals surface area contributed by atoms with Crippen molar-refractivity contribution in [1.82, 2.24) is 10.3 Å². The van der Waals surface area contributed by atoms with E-state index in [1.54, 1.807) is 49.3 Å². The molecule has 0 aliphatic heterocycles. The number of ether oxygens (including phenoxy) is 2. The highest BCUT2D eigenvalue weighted by atomic mass is 32.2. The molecule has 2 rings (SSSR count). The van der Waals surface area contributed by atoms with E-state index in [2.05, 4.69) is 43.4 Å². The molecule has 0 spiro atoms. The first kappa shape index (κ1) is 25.5. The Hall–Kier alpha value is -2.80. The van der Waals surface area contributed by atoms with Crippen LogP contribution in [0.5, 0.6) is 11.5 Å². The smallest absolute Gasteiger partial charge is 0.311 e. The second-order valence-corrected chi connectivity index (χ2v) is 9.35. The van der Waals surface area contributed by atoms with Gasteiger partial charge in [-0.3, -0.25) is 14.6 Å². The third-order valence-electron chi connectivity index (χ3n) is 4.75. The fourth-order valence-electron chi connectivity index (χ4n) is 3.00. The van der Waals surface area contributed by atoms with Crippen molar-refractivity contribution in [1.29, 1.82) is 0 Å². The molecule has 6 nitrogen and oxygen atoms in total. The van der Waals surface area contributed by atoms with Crippen molar-refractivity contribution in [3.05, 3.63) is 59.9 Å². The predicted molar refractivity (Wildman–Crippen MR) is 130 cm³/mol. The number of carbonyl (C=O) groups is 2. The summed E-state index contributed by atoms with van der Waals surface area (Å²) in [5.41, 5.74) is 1.56. The van der Waals surface area contributed by atoms with Crippen LogP contribution in [0.2, 0.25) is 0 Å².